The zero-order valence-corrected chi connectivity index (χ0v) is 9.13. The number of nitro benzene ring substituents is 1. The Bertz CT molecular complexity index is 619. The summed E-state index contributed by atoms with van der Waals surface area (Å²) in [5, 5.41) is 23.0. The molecule has 0 aliphatic carbocycles. The Morgan fingerprint density at radius 3 is 2.26 bits per heavy atom. The van der Waals surface area contributed by atoms with Crippen LogP contribution in [-0.2, 0) is 6.18 Å². The Morgan fingerprint density at radius 1 is 1.26 bits per heavy atom. The highest BCUT2D eigenvalue weighted by molar-refractivity contribution is 5.42. The highest BCUT2D eigenvalue weighted by atomic mass is 19.4. The van der Waals surface area contributed by atoms with Gasteiger partial charge in [-0.1, -0.05) is 0 Å². The van der Waals surface area contributed by atoms with Crippen molar-refractivity contribution in [3.63, 3.8) is 0 Å². The summed E-state index contributed by atoms with van der Waals surface area (Å²) in [4.78, 5) is 9.79. The molecule has 2 aromatic rings. The number of non-ortho nitro benzene ring substituents is 1. The van der Waals surface area contributed by atoms with Crippen LogP contribution < -0.4 is 0 Å². The van der Waals surface area contributed by atoms with Gasteiger partial charge in [-0.3, -0.25) is 10.1 Å². The van der Waals surface area contributed by atoms with Crippen LogP contribution in [0.15, 0.2) is 30.3 Å². The summed E-state index contributed by atoms with van der Waals surface area (Å²) in [6, 6.07) is 5.05. The van der Waals surface area contributed by atoms with Gasteiger partial charge >= 0.3 is 6.18 Å². The van der Waals surface area contributed by atoms with Gasteiger partial charge in [0.05, 0.1) is 10.6 Å². The Labute approximate surface area is 103 Å². The van der Waals surface area contributed by atoms with Crippen LogP contribution >= 0.6 is 0 Å². The monoisotopic (exact) mass is 273 g/mol. The molecular formula is C10H6F3N3O3. The van der Waals surface area contributed by atoms with Crippen molar-refractivity contribution in [2.75, 3.05) is 0 Å². The summed E-state index contributed by atoms with van der Waals surface area (Å²) in [5.41, 5.74) is -1.38. The fourth-order valence-corrected chi connectivity index (χ4v) is 1.42. The Balaban J connectivity index is 2.42. The molecule has 0 unspecified atom stereocenters. The highest BCUT2D eigenvalue weighted by Gasteiger charge is 2.35. The van der Waals surface area contributed by atoms with Gasteiger partial charge in [0.2, 0.25) is 5.88 Å². The first kappa shape index (κ1) is 12.9. The van der Waals surface area contributed by atoms with Crippen molar-refractivity contribution in [3.8, 4) is 11.6 Å². The van der Waals surface area contributed by atoms with Crippen LogP contribution in [0.5, 0.6) is 5.88 Å². The molecule has 100 valence electrons. The number of hydrogen-bond acceptors (Lipinski definition) is 4. The SMILES string of the molecule is O=[N+]([O-])c1ccc(-n2nc(C(F)(F)F)cc2O)cc1. The molecule has 0 aliphatic heterocycles. The number of aromatic nitrogens is 2. The smallest absolute Gasteiger partial charge is 0.435 e. The molecule has 6 nitrogen and oxygen atoms in total. The lowest BCUT2D eigenvalue weighted by molar-refractivity contribution is -0.384. The third-order valence-corrected chi connectivity index (χ3v) is 2.29. The van der Waals surface area contributed by atoms with Gasteiger partial charge in [-0.15, -0.1) is 0 Å². The number of halogens is 3. The van der Waals surface area contributed by atoms with Gasteiger partial charge in [-0.05, 0) is 12.1 Å². The first-order valence-corrected chi connectivity index (χ1v) is 4.90. The van der Waals surface area contributed by atoms with Crippen LogP contribution in [0.1, 0.15) is 5.69 Å². The minimum atomic E-state index is -4.68. The molecule has 0 fully saturated rings. The normalized spacial score (nSPS) is 11.5. The summed E-state index contributed by atoms with van der Waals surface area (Å²) in [6.45, 7) is 0. The minimum Gasteiger partial charge on any atom is -0.493 e. The second kappa shape index (κ2) is 4.26. The molecule has 0 radical (unpaired) electrons. The van der Waals surface area contributed by atoms with Crippen molar-refractivity contribution in [1.29, 1.82) is 0 Å². The maximum atomic E-state index is 12.4. The molecule has 0 atom stereocenters. The molecule has 1 aromatic carbocycles. The molecule has 2 rings (SSSR count). The predicted octanol–water partition coefficient (Wildman–Crippen LogP) is 2.50. The van der Waals surface area contributed by atoms with E-state index in [2.05, 4.69) is 5.10 Å². The van der Waals surface area contributed by atoms with Gasteiger partial charge < -0.3 is 5.11 Å². The van der Waals surface area contributed by atoms with Crippen LogP contribution in [0.3, 0.4) is 0 Å². The first-order valence-electron chi connectivity index (χ1n) is 4.90. The number of alkyl halides is 3. The Morgan fingerprint density at radius 2 is 1.84 bits per heavy atom. The van der Waals surface area contributed by atoms with Gasteiger partial charge in [0.15, 0.2) is 5.69 Å². The highest BCUT2D eigenvalue weighted by Crippen LogP contribution is 2.31. The standard InChI is InChI=1S/C10H6F3N3O3/c11-10(12,13)8-5-9(17)15(14-8)6-1-3-7(4-2-6)16(18)19/h1-5,17H. The molecule has 0 amide bonds. The third-order valence-electron chi connectivity index (χ3n) is 2.29. The van der Waals surface area contributed by atoms with E-state index in [9.17, 15) is 28.4 Å². The van der Waals surface area contributed by atoms with Crippen LogP contribution in [0.4, 0.5) is 18.9 Å². The first-order chi connectivity index (χ1) is 8.79. The van der Waals surface area contributed by atoms with E-state index in [1.807, 2.05) is 0 Å². The summed E-state index contributed by atoms with van der Waals surface area (Å²) < 4.78 is 37.8. The molecular weight excluding hydrogens is 267 g/mol. The van der Waals surface area contributed by atoms with E-state index in [1.54, 1.807) is 0 Å². The summed E-state index contributed by atoms with van der Waals surface area (Å²) in [6.07, 6.45) is -4.68. The Kier molecular flexibility index (Phi) is 2.89. The maximum Gasteiger partial charge on any atom is 0.435 e. The maximum absolute atomic E-state index is 12.4. The molecule has 0 aliphatic rings. The van der Waals surface area contributed by atoms with E-state index in [-0.39, 0.29) is 11.4 Å². The fraction of sp³-hybridized carbons (Fsp3) is 0.100. The molecule has 9 heteroatoms. The van der Waals surface area contributed by atoms with Crippen LogP contribution in [0, 0.1) is 10.1 Å². The molecule has 19 heavy (non-hydrogen) atoms. The van der Waals surface area contributed by atoms with Crippen molar-refractivity contribution in [3.05, 3.63) is 46.1 Å². The van der Waals surface area contributed by atoms with E-state index < -0.39 is 22.7 Å². The number of aromatic hydroxyl groups is 1. The minimum absolute atomic E-state index is 0.0820. The Hall–Kier alpha value is -2.58. The van der Waals surface area contributed by atoms with Gasteiger partial charge in [0, 0.05) is 18.2 Å². The average molecular weight is 273 g/mol. The zero-order chi connectivity index (χ0) is 14.2. The van der Waals surface area contributed by atoms with E-state index in [0.29, 0.717) is 10.7 Å². The van der Waals surface area contributed by atoms with Gasteiger partial charge in [0.25, 0.3) is 5.69 Å². The fourth-order valence-electron chi connectivity index (χ4n) is 1.42. The number of benzene rings is 1. The average Bonchev–Trinajstić information content (AvgIpc) is 2.71. The summed E-state index contributed by atoms with van der Waals surface area (Å²) >= 11 is 0. The molecule has 1 aromatic heterocycles. The number of hydrogen-bond donors (Lipinski definition) is 1. The van der Waals surface area contributed by atoms with Crippen LogP contribution in [0.25, 0.3) is 5.69 Å². The lowest BCUT2D eigenvalue weighted by Crippen LogP contribution is -2.07. The van der Waals surface area contributed by atoms with Crippen molar-refractivity contribution < 1.29 is 23.2 Å². The van der Waals surface area contributed by atoms with Crippen molar-refractivity contribution in [2.45, 2.75) is 6.18 Å². The van der Waals surface area contributed by atoms with Gasteiger partial charge in [-0.25, -0.2) is 4.68 Å². The summed E-state index contributed by atoms with van der Waals surface area (Å²) in [7, 11) is 0. The predicted molar refractivity (Wildman–Crippen MR) is 56.9 cm³/mol. The van der Waals surface area contributed by atoms with Crippen molar-refractivity contribution in [2.24, 2.45) is 0 Å². The summed E-state index contributed by atoms with van der Waals surface area (Å²) in [5.74, 6) is -0.707. The van der Waals surface area contributed by atoms with Crippen molar-refractivity contribution >= 4 is 5.69 Å². The molecule has 0 saturated carbocycles. The van der Waals surface area contributed by atoms with Crippen molar-refractivity contribution in [1.82, 2.24) is 9.78 Å². The second-order valence-corrected chi connectivity index (χ2v) is 3.57. The molecule has 0 spiro atoms. The zero-order valence-electron chi connectivity index (χ0n) is 9.13. The lowest BCUT2D eigenvalue weighted by Gasteiger charge is -2.03. The molecule has 0 saturated heterocycles. The van der Waals surface area contributed by atoms with E-state index in [1.165, 1.54) is 12.1 Å². The number of nitrogens with zero attached hydrogens (tertiary/aromatic N) is 3. The van der Waals surface area contributed by atoms with E-state index in [4.69, 9.17) is 0 Å². The van der Waals surface area contributed by atoms with Crippen LogP contribution in [-0.4, -0.2) is 19.8 Å². The number of nitro groups is 1. The van der Waals surface area contributed by atoms with E-state index in [0.717, 1.165) is 12.1 Å². The van der Waals surface area contributed by atoms with E-state index >= 15 is 0 Å². The largest absolute Gasteiger partial charge is 0.493 e. The quantitative estimate of drug-likeness (QED) is 0.673. The molecule has 0 bridgehead atoms. The van der Waals surface area contributed by atoms with Gasteiger partial charge in [0.1, 0.15) is 0 Å². The molecule has 1 heterocycles. The second-order valence-electron chi connectivity index (χ2n) is 3.57. The lowest BCUT2D eigenvalue weighted by atomic mass is 10.3. The van der Waals surface area contributed by atoms with Crippen LogP contribution in [0.2, 0.25) is 0 Å². The third kappa shape index (κ3) is 2.49. The topological polar surface area (TPSA) is 81.2 Å². The molecule has 1 N–H and O–H groups in total. The number of rotatable bonds is 2. The van der Waals surface area contributed by atoms with Gasteiger partial charge in [-0.2, -0.15) is 18.3 Å².